The second kappa shape index (κ2) is 5.09. The average molecular weight is 360 g/mol. The Morgan fingerprint density at radius 1 is 1.50 bits per heavy atom. The van der Waals surface area contributed by atoms with Gasteiger partial charge in [-0.15, -0.1) is 0 Å². The van der Waals surface area contributed by atoms with E-state index < -0.39 is 0 Å². The standard InChI is InChI=1S/C11H13IN4O2/c1-7-4-8(12)5-16(10(7)17)6-9-13-11(14-18-9)15(2)3/h4-5H,6H2,1-3H3. The van der Waals surface area contributed by atoms with Crippen molar-refractivity contribution in [3.8, 4) is 0 Å². The fourth-order valence-corrected chi connectivity index (χ4v) is 2.30. The van der Waals surface area contributed by atoms with E-state index in [9.17, 15) is 4.79 Å². The Labute approximate surface area is 118 Å². The molecule has 0 saturated heterocycles. The van der Waals surface area contributed by atoms with Gasteiger partial charge in [-0.3, -0.25) is 4.79 Å². The van der Waals surface area contributed by atoms with Gasteiger partial charge in [0.2, 0.25) is 5.89 Å². The lowest BCUT2D eigenvalue weighted by Gasteiger charge is -2.05. The summed E-state index contributed by atoms with van der Waals surface area (Å²) in [6.07, 6.45) is 1.77. The Hall–Kier alpha value is -1.38. The summed E-state index contributed by atoms with van der Waals surface area (Å²) in [4.78, 5) is 17.9. The van der Waals surface area contributed by atoms with Gasteiger partial charge in [0.25, 0.3) is 11.5 Å². The molecule has 0 aromatic carbocycles. The summed E-state index contributed by atoms with van der Waals surface area (Å²) in [5.41, 5.74) is 0.661. The molecular weight excluding hydrogens is 347 g/mol. The molecule has 0 fully saturated rings. The molecule has 2 rings (SSSR count). The van der Waals surface area contributed by atoms with Crippen LogP contribution in [0.2, 0.25) is 0 Å². The lowest BCUT2D eigenvalue weighted by Crippen LogP contribution is -2.22. The SMILES string of the molecule is Cc1cc(I)cn(Cc2nc(N(C)C)no2)c1=O. The van der Waals surface area contributed by atoms with E-state index >= 15 is 0 Å². The highest BCUT2D eigenvalue weighted by Gasteiger charge is 2.10. The minimum Gasteiger partial charge on any atom is -0.344 e. The van der Waals surface area contributed by atoms with Crippen LogP contribution in [0, 0.1) is 10.5 Å². The molecule has 0 aliphatic heterocycles. The number of pyridine rings is 1. The number of aryl methyl sites for hydroxylation is 1. The summed E-state index contributed by atoms with van der Waals surface area (Å²) in [7, 11) is 3.66. The number of hydrogen-bond donors (Lipinski definition) is 0. The Kier molecular flexibility index (Phi) is 3.69. The Balaban J connectivity index is 2.31. The van der Waals surface area contributed by atoms with Crippen LogP contribution in [0.25, 0.3) is 0 Å². The van der Waals surface area contributed by atoms with E-state index in [4.69, 9.17) is 4.52 Å². The summed E-state index contributed by atoms with van der Waals surface area (Å²) in [5, 5.41) is 3.81. The topological polar surface area (TPSA) is 64.2 Å². The average Bonchev–Trinajstić information content (AvgIpc) is 2.74. The highest BCUT2D eigenvalue weighted by molar-refractivity contribution is 14.1. The Morgan fingerprint density at radius 3 is 2.83 bits per heavy atom. The third-order valence-corrected chi connectivity index (χ3v) is 2.98. The number of halogens is 1. The second-order valence-electron chi connectivity index (χ2n) is 4.16. The third-order valence-electron chi connectivity index (χ3n) is 2.39. The molecule has 0 radical (unpaired) electrons. The largest absolute Gasteiger partial charge is 0.344 e. The van der Waals surface area contributed by atoms with E-state index in [0.29, 0.717) is 17.4 Å². The lowest BCUT2D eigenvalue weighted by atomic mass is 10.3. The van der Waals surface area contributed by atoms with Crippen LogP contribution in [0.5, 0.6) is 0 Å². The number of rotatable bonds is 3. The molecule has 2 heterocycles. The highest BCUT2D eigenvalue weighted by Crippen LogP contribution is 2.08. The summed E-state index contributed by atoms with van der Waals surface area (Å²) in [6.45, 7) is 2.08. The van der Waals surface area contributed by atoms with Gasteiger partial charge in [-0.2, -0.15) is 4.98 Å². The van der Waals surface area contributed by atoms with E-state index in [0.717, 1.165) is 3.57 Å². The zero-order valence-electron chi connectivity index (χ0n) is 10.3. The monoisotopic (exact) mass is 360 g/mol. The molecule has 7 heteroatoms. The van der Waals surface area contributed by atoms with Crippen molar-refractivity contribution in [3.05, 3.63) is 37.6 Å². The Morgan fingerprint density at radius 2 is 2.22 bits per heavy atom. The van der Waals surface area contributed by atoms with Gasteiger partial charge in [0, 0.05) is 29.4 Å². The maximum Gasteiger partial charge on any atom is 0.265 e. The van der Waals surface area contributed by atoms with Crippen molar-refractivity contribution in [1.29, 1.82) is 0 Å². The molecule has 0 atom stereocenters. The fraction of sp³-hybridized carbons (Fsp3) is 0.364. The van der Waals surface area contributed by atoms with Crippen LogP contribution >= 0.6 is 22.6 Å². The highest BCUT2D eigenvalue weighted by atomic mass is 127. The van der Waals surface area contributed by atoms with Crippen LogP contribution in [0.1, 0.15) is 11.5 Å². The van der Waals surface area contributed by atoms with Crippen molar-refractivity contribution in [2.75, 3.05) is 19.0 Å². The zero-order valence-corrected chi connectivity index (χ0v) is 12.5. The minimum atomic E-state index is -0.0416. The van der Waals surface area contributed by atoms with Crippen LogP contribution in [0.15, 0.2) is 21.6 Å². The molecule has 0 saturated carbocycles. The van der Waals surface area contributed by atoms with Crippen LogP contribution in [0.4, 0.5) is 5.95 Å². The van der Waals surface area contributed by atoms with E-state index in [1.54, 1.807) is 22.6 Å². The minimum absolute atomic E-state index is 0.0416. The van der Waals surface area contributed by atoms with Gasteiger partial charge in [0.15, 0.2) is 0 Å². The van der Waals surface area contributed by atoms with Crippen LogP contribution in [-0.2, 0) is 6.54 Å². The molecule has 2 aromatic rings. The van der Waals surface area contributed by atoms with Gasteiger partial charge in [0.1, 0.15) is 6.54 Å². The second-order valence-corrected chi connectivity index (χ2v) is 5.40. The first-order valence-electron chi connectivity index (χ1n) is 5.34. The molecule has 2 aromatic heterocycles. The van der Waals surface area contributed by atoms with Gasteiger partial charge in [-0.25, -0.2) is 0 Å². The molecule has 0 N–H and O–H groups in total. The predicted octanol–water partition coefficient (Wildman–Crippen LogP) is 1.26. The fourth-order valence-electron chi connectivity index (χ4n) is 1.49. The molecule has 0 aliphatic carbocycles. The van der Waals surface area contributed by atoms with Crippen molar-refractivity contribution in [2.45, 2.75) is 13.5 Å². The van der Waals surface area contributed by atoms with E-state index in [1.165, 1.54) is 0 Å². The maximum atomic E-state index is 11.9. The number of aromatic nitrogens is 3. The number of anilines is 1. The molecule has 18 heavy (non-hydrogen) atoms. The molecule has 0 spiro atoms. The molecule has 6 nitrogen and oxygen atoms in total. The van der Waals surface area contributed by atoms with Crippen molar-refractivity contribution in [2.24, 2.45) is 0 Å². The van der Waals surface area contributed by atoms with Gasteiger partial charge < -0.3 is 14.0 Å². The first-order chi connectivity index (χ1) is 8.47. The smallest absolute Gasteiger partial charge is 0.265 e. The van der Waals surface area contributed by atoms with E-state index in [2.05, 4.69) is 32.7 Å². The predicted molar refractivity (Wildman–Crippen MR) is 75.9 cm³/mol. The molecule has 0 aliphatic rings. The number of nitrogens with zero attached hydrogens (tertiary/aromatic N) is 4. The quantitative estimate of drug-likeness (QED) is 0.772. The summed E-state index contributed by atoms with van der Waals surface area (Å²) < 4.78 is 7.67. The van der Waals surface area contributed by atoms with Crippen LogP contribution < -0.4 is 10.5 Å². The summed E-state index contributed by atoms with van der Waals surface area (Å²) in [6, 6.07) is 1.85. The molecule has 0 unspecified atom stereocenters. The molecule has 0 bridgehead atoms. The lowest BCUT2D eigenvalue weighted by molar-refractivity contribution is 0.369. The summed E-state index contributed by atoms with van der Waals surface area (Å²) >= 11 is 2.17. The van der Waals surface area contributed by atoms with Crippen molar-refractivity contribution in [1.82, 2.24) is 14.7 Å². The van der Waals surface area contributed by atoms with Gasteiger partial charge >= 0.3 is 0 Å². The first kappa shape index (κ1) is 13.1. The molecule has 0 amide bonds. The van der Waals surface area contributed by atoms with Crippen molar-refractivity contribution >= 4 is 28.5 Å². The first-order valence-corrected chi connectivity index (χ1v) is 6.42. The molecular formula is C11H13IN4O2. The van der Waals surface area contributed by atoms with E-state index in [-0.39, 0.29) is 12.1 Å². The Bertz CT molecular complexity index is 618. The molecule has 96 valence electrons. The maximum absolute atomic E-state index is 11.9. The summed E-state index contributed by atoms with van der Waals surface area (Å²) in [5.74, 6) is 0.919. The normalized spacial score (nSPS) is 10.7. The third kappa shape index (κ3) is 2.71. The van der Waals surface area contributed by atoms with Crippen LogP contribution in [-0.4, -0.2) is 28.8 Å². The van der Waals surface area contributed by atoms with E-state index in [1.807, 2.05) is 20.2 Å². The van der Waals surface area contributed by atoms with Crippen molar-refractivity contribution < 1.29 is 4.52 Å². The van der Waals surface area contributed by atoms with Gasteiger partial charge in [0.05, 0.1) is 0 Å². The van der Waals surface area contributed by atoms with Gasteiger partial charge in [-0.05, 0) is 40.7 Å². The van der Waals surface area contributed by atoms with Crippen molar-refractivity contribution in [3.63, 3.8) is 0 Å². The van der Waals surface area contributed by atoms with Crippen LogP contribution in [0.3, 0.4) is 0 Å². The number of hydrogen-bond acceptors (Lipinski definition) is 5. The zero-order chi connectivity index (χ0) is 13.3. The van der Waals surface area contributed by atoms with Gasteiger partial charge in [-0.1, -0.05) is 0 Å².